The van der Waals surface area contributed by atoms with E-state index in [2.05, 4.69) is 15.1 Å². The third-order valence-electron chi connectivity index (χ3n) is 2.34. The summed E-state index contributed by atoms with van der Waals surface area (Å²) < 4.78 is 10.2. The third kappa shape index (κ3) is 2.86. The smallest absolute Gasteiger partial charge is 0.257 e. The van der Waals surface area contributed by atoms with Crippen molar-refractivity contribution in [2.45, 2.75) is 12.5 Å². The Labute approximate surface area is 98.8 Å². The van der Waals surface area contributed by atoms with Crippen molar-refractivity contribution in [1.29, 1.82) is 0 Å². The minimum Gasteiger partial charge on any atom is -0.370 e. The molecule has 0 saturated carbocycles. The first kappa shape index (κ1) is 11.7. The molecule has 2 aromatic heterocycles. The van der Waals surface area contributed by atoms with E-state index in [1.807, 2.05) is 12.1 Å². The first-order valence-electron chi connectivity index (χ1n) is 5.27. The van der Waals surface area contributed by atoms with Gasteiger partial charge in [-0.3, -0.25) is 4.98 Å². The largest absolute Gasteiger partial charge is 0.370 e. The minimum absolute atomic E-state index is 0.311. The maximum absolute atomic E-state index is 5.51. The molecule has 17 heavy (non-hydrogen) atoms. The van der Waals surface area contributed by atoms with Gasteiger partial charge >= 0.3 is 0 Å². The SMILES string of the molecule is COC(CN)c1nc(Cc2cccnc2)no1. The van der Waals surface area contributed by atoms with Crippen LogP contribution in [0.1, 0.15) is 23.4 Å². The molecule has 1 atom stereocenters. The first-order valence-corrected chi connectivity index (χ1v) is 5.27. The van der Waals surface area contributed by atoms with Crippen LogP contribution < -0.4 is 5.73 Å². The molecular formula is C11H14N4O2. The van der Waals surface area contributed by atoms with Crippen molar-refractivity contribution in [3.63, 3.8) is 0 Å². The first-order chi connectivity index (χ1) is 8.33. The van der Waals surface area contributed by atoms with Crippen molar-refractivity contribution in [2.75, 3.05) is 13.7 Å². The van der Waals surface area contributed by atoms with Crippen molar-refractivity contribution >= 4 is 0 Å². The van der Waals surface area contributed by atoms with Crippen LogP contribution in [0.2, 0.25) is 0 Å². The number of nitrogens with zero attached hydrogens (tertiary/aromatic N) is 3. The van der Waals surface area contributed by atoms with Crippen LogP contribution in [0.3, 0.4) is 0 Å². The Balaban J connectivity index is 2.08. The van der Waals surface area contributed by atoms with Gasteiger partial charge in [0.15, 0.2) is 5.82 Å². The molecule has 0 amide bonds. The highest BCUT2D eigenvalue weighted by Crippen LogP contribution is 2.13. The Morgan fingerprint density at radius 2 is 2.41 bits per heavy atom. The Morgan fingerprint density at radius 3 is 3.06 bits per heavy atom. The molecule has 0 spiro atoms. The summed E-state index contributed by atoms with van der Waals surface area (Å²) in [5, 5.41) is 3.88. The summed E-state index contributed by atoms with van der Waals surface area (Å²) in [5.41, 5.74) is 6.54. The quantitative estimate of drug-likeness (QED) is 0.819. The number of pyridine rings is 1. The van der Waals surface area contributed by atoms with Gasteiger partial charge < -0.3 is 15.0 Å². The van der Waals surface area contributed by atoms with E-state index >= 15 is 0 Å². The van der Waals surface area contributed by atoms with Crippen LogP contribution in [0.4, 0.5) is 0 Å². The van der Waals surface area contributed by atoms with Crippen molar-refractivity contribution in [1.82, 2.24) is 15.1 Å². The van der Waals surface area contributed by atoms with E-state index in [1.54, 1.807) is 19.5 Å². The van der Waals surface area contributed by atoms with Gasteiger partial charge in [-0.2, -0.15) is 4.98 Å². The summed E-state index contributed by atoms with van der Waals surface area (Å²) in [6, 6.07) is 3.83. The number of methoxy groups -OCH3 is 1. The van der Waals surface area contributed by atoms with Crippen LogP contribution in [0, 0.1) is 0 Å². The van der Waals surface area contributed by atoms with E-state index in [0.717, 1.165) is 5.56 Å². The molecule has 0 aliphatic carbocycles. The molecule has 1 unspecified atom stereocenters. The van der Waals surface area contributed by atoms with Crippen LogP contribution in [0.15, 0.2) is 29.0 Å². The lowest BCUT2D eigenvalue weighted by molar-refractivity contribution is 0.0804. The molecule has 0 aliphatic heterocycles. The molecule has 0 fully saturated rings. The molecule has 6 heteroatoms. The fraction of sp³-hybridized carbons (Fsp3) is 0.364. The molecule has 0 bridgehead atoms. The van der Waals surface area contributed by atoms with E-state index in [4.69, 9.17) is 15.0 Å². The predicted molar refractivity (Wildman–Crippen MR) is 60.1 cm³/mol. The monoisotopic (exact) mass is 234 g/mol. The molecule has 6 nitrogen and oxygen atoms in total. The zero-order valence-electron chi connectivity index (χ0n) is 9.54. The Hall–Kier alpha value is -1.79. The maximum atomic E-state index is 5.51. The Kier molecular flexibility index (Phi) is 3.79. The number of hydrogen-bond acceptors (Lipinski definition) is 6. The number of rotatable bonds is 5. The lowest BCUT2D eigenvalue weighted by atomic mass is 10.2. The summed E-state index contributed by atoms with van der Waals surface area (Å²) in [5.74, 6) is 1.01. The van der Waals surface area contributed by atoms with Gasteiger partial charge in [-0.05, 0) is 11.6 Å². The molecule has 2 rings (SSSR count). The van der Waals surface area contributed by atoms with Crippen molar-refractivity contribution in [3.05, 3.63) is 41.8 Å². The van der Waals surface area contributed by atoms with E-state index in [0.29, 0.717) is 24.7 Å². The fourth-order valence-electron chi connectivity index (χ4n) is 1.45. The van der Waals surface area contributed by atoms with E-state index in [-0.39, 0.29) is 6.10 Å². The lowest BCUT2D eigenvalue weighted by Gasteiger charge is -2.05. The maximum Gasteiger partial charge on any atom is 0.257 e. The van der Waals surface area contributed by atoms with Gasteiger partial charge in [0.05, 0.1) is 0 Å². The highest BCUT2D eigenvalue weighted by Gasteiger charge is 2.16. The highest BCUT2D eigenvalue weighted by atomic mass is 16.5. The van der Waals surface area contributed by atoms with Crippen LogP contribution in [0.25, 0.3) is 0 Å². The lowest BCUT2D eigenvalue weighted by Crippen LogP contribution is -2.14. The Morgan fingerprint density at radius 1 is 1.53 bits per heavy atom. The summed E-state index contributed by atoms with van der Waals surface area (Å²) >= 11 is 0. The van der Waals surface area contributed by atoms with Gasteiger partial charge in [-0.25, -0.2) is 0 Å². The van der Waals surface area contributed by atoms with E-state index in [1.165, 1.54) is 0 Å². The molecule has 0 radical (unpaired) electrons. The average molecular weight is 234 g/mol. The summed E-state index contributed by atoms with van der Waals surface area (Å²) in [4.78, 5) is 8.26. The van der Waals surface area contributed by atoms with Gasteiger partial charge in [0.1, 0.15) is 6.10 Å². The van der Waals surface area contributed by atoms with Gasteiger partial charge in [0, 0.05) is 32.5 Å². The zero-order valence-corrected chi connectivity index (χ0v) is 9.54. The van der Waals surface area contributed by atoms with Gasteiger partial charge in [-0.15, -0.1) is 0 Å². The second-order valence-corrected chi connectivity index (χ2v) is 3.55. The molecule has 0 aliphatic rings. The molecule has 2 N–H and O–H groups in total. The molecule has 90 valence electrons. The van der Waals surface area contributed by atoms with Crippen LogP contribution >= 0.6 is 0 Å². The normalized spacial score (nSPS) is 12.6. The second-order valence-electron chi connectivity index (χ2n) is 3.55. The average Bonchev–Trinajstić information content (AvgIpc) is 2.81. The summed E-state index contributed by atoms with van der Waals surface area (Å²) in [6.07, 6.45) is 3.73. The molecule has 2 aromatic rings. The van der Waals surface area contributed by atoms with Crippen molar-refractivity contribution in [3.8, 4) is 0 Å². The summed E-state index contributed by atoms with van der Waals surface area (Å²) in [6.45, 7) is 0.311. The van der Waals surface area contributed by atoms with Crippen LogP contribution in [-0.2, 0) is 11.2 Å². The number of nitrogens with two attached hydrogens (primary N) is 1. The van der Waals surface area contributed by atoms with Gasteiger partial charge in [0.2, 0.25) is 0 Å². The fourth-order valence-corrected chi connectivity index (χ4v) is 1.45. The van der Waals surface area contributed by atoms with Crippen LogP contribution in [0.5, 0.6) is 0 Å². The standard InChI is InChI=1S/C11H14N4O2/c1-16-9(6-12)11-14-10(15-17-11)5-8-3-2-4-13-7-8/h2-4,7,9H,5-6,12H2,1H3. The minimum atomic E-state index is -0.342. The third-order valence-corrected chi connectivity index (χ3v) is 2.34. The van der Waals surface area contributed by atoms with Crippen molar-refractivity contribution in [2.24, 2.45) is 5.73 Å². The zero-order chi connectivity index (χ0) is 12.1. The molecular weight excluding hydrogens is 220 g/mol. The molecule has 0 saturated heterocycles. The highest BCUT2D eigenvalue weighted by molar-refractivity contribution is 5.13. The van der Waals surface area contributed by atoms with E-state index in [9.17, 15) is 0 Å². The second kappa shape index (κ2) is 5.51. The number of ether oxygens (including phenoxy) is 1. The predicted octanol–water partition coefficient (Wildman–Crippen LogP) is 0.702. The van der Waals surface area contributed by atoms with Crippen LogP contribution in [-0.4, -0.2) is 28.8 Å². The van der Waals surface area contributed by atoms with E-state index < -0.39 is 0 Å². The van der Waals surface area contributed by atoms with Crippen molar-refractivity contribution < 1.29 is 9.26 Å². The molecule has 0 aromatic carbocycles. The summed E-state index contributed by atoms with van der Waals surface area (Å²) in [7, 11) is 1.56. The van der Waals surface area contributed by atoms with Gasteiger partial charge in [0.25, 0.3) is 5.89 Å². The Bertz CT molecular complexity index is 454. The topological polar surface area (TPSA) is 87.1 Å². The number of hydrogen-bond donors (Lipinski definition) is 1. The number of aromatic nitrogens is 3. The molecule has 2 heterocycles. The van der Waals surface area contributed by atoms with Gasteiger partial charge in [-0.1, -0.05) is 11.2 Å².